The third-order valence-corrected chi connectivity index (χ3v) is 3.30. The highest BCUT2D eigenvalue weighted by molar-refractivity contribution is 7.09. The van der Waals surface area contributed by atoms with E-state index in [2.05, 4.69) is 20.3 Å². The van der Waals surface area contributed by atoms with Gasteiger partial charge in [0.1, 0.15) is 10.8 Å². The Morgan fingerprint density at radius 3 is 2.68 bits per heavy atom. The van der Waals surface area contributed by atoms with Gasteiger partial charge in [-0.1, -0.05) is 0 Å². The molecule has 1 atom stereocenters. The second-order valence-electron chi connectivity index (χ2n) is 3.64. The van der Waals surface area contributed by atoms with E-state index in [4.69, 9.17) is 11.6 Å². The maximum atomic E-state index is 12.6. The zero-order chi connectivity index (χ0) is 14.0. The van der Waals surface area contributed by atoms with Crippen LogP contribution in [0.4, 0.5) is 19.0 Å². The highest BCUT2D eigenvalue weighted by atomic mass is 35.5. The van der Waals surface area contributed by atoms with Crippen LogP contribution in [0.2, 0.25) is 5.28 Å². The van der Waals surface area contributed by atoms with E-state index in [9.17, 15) is 13.2 Å². The molecule has 9 heteroatoms. The van der Waals surface area contributed by atoms with Crippen molar-refractivity contribution in [2.24, 2.45) is 0 Å². The van der Waals surface area contributed by atoms with Crippen LogP contribution in [0.25, 0.3) is 0 Å². The summed E-state index contributed by atoms with van der Waals surface area (Å²) < 4.78 is 37.7. The molecule has 0 bridgehead atoms. The minimum absolute atomic E-state index is 0.00928. The number of thiazole rings is 1. The molecule has 2 aromatic heterocycles. The molecule has 0 amide bonds. The molecule has 0 aliphatic carbocycles. The summed E-state index contributed by atoms with van der Waals surface area (Å²) in [6, 6.07) is 0.544. The molecule has 1 N–H and O–H groups in total. The average Bonchev–Trinajstić information content (AvgIpc) is 2.80. The topological polar surface area (TPSA) is 50.7 Å². The van der Waals surface area contributed by atoms with Gasteiger partial charge in [-0.15, -0.1) is 11.3 Å². The average molecular weight is 309 g/mol. The molecule has 0 aliphatic heterocycles. The lowest BCUT2D eigenvalue weighted by Crippen LogP contribution is -2.13. The number of aromatic nitrogens is 3. The molecule has 102 valence electrons. The number of alkyl halides is 3. The van der Waals surface area contributed by atoms with Gasteiger partial charge in [0.2, 0.25) is 5.28 Å². The van der Waals surface area contributed by atoms with Crippen molar-refractivity contribution in [3.63, 3.8) is 0 Å². The molecule has 0 saturated heterocycles. The van der Waals surface area contributed by atoms with Gasteiger partial charge in [-0.05, 0) is 18.5 Å². The Bertz CT molecular complexity index is 558. The van der Waals surface area contributed by atoms with Crippen LogP contribution >= 0.6 is 22.9 Å². The van der Waals surface area contributed by atoms with Crippen molar-refractivity contribution in [1.29, 1.82) is 0 Å². The number of anilines is 1. The molecule has 1 unspecified atom stereocenters. The number of hydrogen-bond acceptors (Lipinski definition) is 5. The smallest absolute Gasteiger partial charge is 0.361 e. The first kappa shape index (κ1) is 14.0. The summed E-state index contributed by atoms with van der Waals surface area (Å²) in [5.74, 6) is 0.00928. The molecule has 0 radical (unpaired) electrons. The third kappa shape index (κ3) is 3.54. The Morgan fingerprint density at radius 2 is 2.11 bits per heavy atom. The largest absolute Gasteiger partial charge is 0.433 e. The standard InChI is InChI=1S/C10H8ClF3N4S/c1-5(8-15-2-3-19-8)16-7-4-6(10(12,13)14)17-9(11)18-7/h2-5H,1H3,(H,16,17,18). The predicted octanol–water partition coefficient (Wildman–Crippen LogP) is 3.78. The summed E-state index contributed by atoms with van der Waals surface area (Å²) in [4.78, 5) is 10.9. The normalized spacial score (nSPS) is 13.3. The fourth-order valence-electron chi connectivity index (χ4n) is 1.37. The van der Waals surface area contributed by atoms with E-state index < -0.39 is 17.2 Å². The second kappa shape index (κ2) is 5.30. The molecule has 0 fully saturated rings. The monoisotopic (exact) mass is 308 g/mol. The molecule has 0 saturated carbocycles. The van der Waals surface area contributed by atoms with Crippen molar-refractivity contribution in [2.75, 3.05) is 5.32 Å². The van der Waals surface area contributed by atoms with Gasteiger partial charge in [-0.2, -0.15) is 13.2 Å². The highest BCUT2D eigenvalue weighted by Crippen LogP contribution is 2.30. The van der Waals surface area contributed by atoms with Gasteiger partial charge in [0.05, 0.1) is 6.04 Å². The number of halogens is 4. The van der Waals surface area contributed by atoms with Gasteiger partial charge < -0.3 is 5.32 Å². The Kier molecular flexibility index (Phi) is 3.91. The zero-order valence-corrected chi connectivity index (χ0v) is 11.1. The number of nitrogens with one attached hydrogen (secondary N) is 1. The fraction of sp³-hybridized carbons (Fsp3) is 0.300. The molecule has 0 aliphatic rings. The SMILES string of the molecule is CC(Nc1cc(C(F)(F)F)nc(Cl)n1)c1nccs1. The van der Waals surface area contributed by atoms with Gasteiger partial charge in [0.15, 0.2) is 5.69 Å². The minimum Gasteiger partial charge on any atom is -0.361 e. The van der Waals surface area contributed by atoms with E-state index in [0.717, 1.165) is 11.1 Å². The van der Waals surface area contributed by atoms with E-state index in [1.807, 2.05) is 0 Å². The molecule has 0 spiro atoms. The van der Waals surface area contributed by atoms with Crippen molar-refractivity contribution in [1.82, 2.24) is 15.0 Å². The van der Waals surface area contributed by atoms with E-state index in [0.29, 0.717) is 0 Å². The first-order valence-electron chi connectivity index (χ1n) is 5.14. The Hall–Kier alpha value is -1.41. The van der Waals surface area contributed by atoms with Crippen LogP contribution in [0.1, 0.15) is 23.7 Å². The van der Waals surface area contributed by atoms with Crippen molar-refractivity contribution in [2.45, 2.75) is 19.1 Å². The first-order valence-corrected chi connectivity index (χ1v) is 6.39. The molecule has 2 rings (SSSR count). The summed E-state index contributed by atoms with van der Waals surface area (Å²) >= 11 is 6.88. The molecule has 2 aromatic rings. The third-order valence-electron chi connectivity index (χ3n) is 2.18. The maximum absolute atomic E-state index is 12.6. The van der Waals surface area contributed by atoms with Crippen LogP contribution in [-0.2, 0) is 6.18 Å². The number of nitrogens with zero attached hydrogens (tertiary/aromatic N) is 3. The zero-order valence-electron chi connectivity index (χ0n) is 9.57. The fourth-order valence-corrected chi connectivity index (χ4v) is 2.20. The van der Waals surface area contributed by atoms with Crippen LogP contribution in [-0.4, -0.2) is 15.0 Å². The second-order valence-corrected chi connectivity index (χ2v) is 4.91. The Morgan fingerprint density at radius 1 is 1.37 bits per heavy atom. The summed E-state index contributed by atoms with van der Waals surface area (Å²) in [5, 5.41) is 4.87. The van der Waals surface area contributed by atoms with Crippen molar-refractivity contribution in [3.05, 3.63) is 33.6 Å². The maximum Gasteiger partial charge on any atom is 0.433 e. The lowest BCUT2D eigenvalue weighted by atomic mass is 10.3. The lowest BCUT2D eigenvalue weighted by Gasteiger charge is -2.13. The van der Waals surface area contributed by atoms with Crippen LogP contribution in [0, 0.1) is 0 Å². The molecule has 19 heavy (non-hydrogen) atoms. The first-order chi connectivity index (χ1) is 8.86. The number of hydrogen-bond donors (Lipinski definition) is 1. The van der Waals surface area contributed by atoms with Crippen LogP contribution in [0.3, 0.4) is 0 Å². The van der Waals surface area contributed by atoms with Gasteiger partial charge in [-0.3, -0.25) is 0 Å². The van der Waals surface area contributed by atoms with Crippen molar-refractivity contribution in [3.8, 4) is 0 Å². The Balaban J connectivity index is 2.23. The molecule has 4 nitrogen and oxygen atoms in total. The van der Waals surface area contributed by atoms with Crippen molar-refractivity contribution >= 4 is 28.8 Å². The van der Waals surface area contributed by atoms with Gasteiger partial charge >= 0.3 is 6.18 Å². The van der Waals surface area contributed by atoms with E-state index in [1.165, 1.54) is 11.3 Å². The minimum atomic E-state index is -4.56. The van der Waals surface area contributed by atoms with Crippen LogP contribution < -0.4 is 5.32 Å². The lowest BCUT2D eigenvalue weighted by molar-refractivity contribution is -0.141. The Labute approximate surface area is 115 Å². The molecular formula is C10H8ClF3N4S. The molecule has 2 heterocycles. The summed E-state index contributed by atoms with van der Waals surface area (Å²) in [6.45, 7) is 1.77. The van der Waals surface area contributed by atoms with E-state index in [1.54, 1.807) is 18.5 Å². The summed E-state index contributed by atoms with van der Waals surface area (Å²) in [6.07, 6.45) is -2.94. The molecule has 0 aromatic carbocycles. The predicted molar refractivity (Wildman–Crippen MR) is 66.2 cm³/mol. The van der Waals surface area contributed by atoms with Gasteiger partial charge in [0, 0.05) is 17.6 Å². The van der Waals surface area contributed by atoms with E-state index >= 15 is 0 Å². The van der Waals surface area contributed by atoms with Crippen molar-refractivity contribution < 1.29 is 13.2 Å². The quantitative estimate of drug-likeness (QED) is 0.877. The van der Waals surface area contributed by atoms with Crippen LogP contribution in [0.15, 0.2) is 17.6 Å². The summed E-state index contributed by atoms with van der Waals surface area (Å²) in [7, 11) is 0. The number of rotatable bonds is 3. The highest BCUT2D eigenvalue weighted by Gasteiger charge is 2.33. The van der Waals surface area contributed by atoms with Crippen LogP contribution in [0.5, 0.6) is 0 Å². The van der Waals surface area contributed by atoms with Gasteiger partial charge in [-0.25, -0.2) is 15.0 Å². The van der Waals surface area contributed by atoms with Gasteiger partial charge in [0.25, 0.3) is 0 Å². The van der Waals surface area contributed by atoms with E-state index in [-0.39, 0.29) is 11.9 Å². The summed E-state index contributed by atoms with van der Waals surface area (Å²) in [5.41, 5.74) is -1.08. The molecular weight excluding hydrogens is 301 g/mol.